The Bertz CT molecular complexity index is 85.7. The molecule has 0 aromatic carbocycles. The number of rotatable bonds is 4. The van der Waals surface area contributed by atoms with Gasteiger partial charge in [0.15, 0.2) is 6.79 Å². The number of hydrogen-bond donors (Lipinski definition) is 2. The van der Waals surface area contributed by atoms with E-state index in [0.29, 0.717) is 6.42 Å². The first-order valence-corrected chi connectivity index (χ1v) is 2.68. The zero-order chi connectivity index (χ0) is 7.11. The molecule has 0 bridgehead atoms. The van der Waals surface area contributed by atoms with Crippen LogP contribution in [0.3, 0.4) is 0 Å². The second-order valence-corrected chi connectivity index (χ2v) is 1.47. The van der Waals surface area contributed by atoms with Crippen molar-refractivity contribution in [2.75, 3.05) is 13.4 Å². The first-order chi connectivity index (χ1) is 4.31. The van der Waals surface area contributed by atoms with Gasteiger partial charge in [0.25, 0.3) is 0 Å². The minimum absolute atomic E-state index is 0. The van der Waals surface area contributed by atoms with Crippen LogP contribution < -0.4 is 0 Å². The molecule has 5 heteroatoms. The fourth-order valence-electron chi connectivity index (χ4n) is 0.368. The topological polar surface area (TPSA) is 66.8 Å². The first-order valence-electron chi connectivity index (χ1n) is 2.68. The third-order valence-corrected chi connectivity index (χ3v) is 0.765. The van der Waals surface area contributed by atoms with Crippen molar-refractivity contribution < 1.29 is 19.7 Å². The molecule has 0 heterocycles. The van der Waals surface area contributed by atoms with Gasteiger partial charge in [0.05, 0.1) is 0 Å². The summed E-state index contributed by atoms with van der Waals surface area (Å²) in [6.45, 7) is -0.606. The Morgan fingerprint density at radius 3 is 2.40 bits per heavy atom. The Morgan fingerprint density at radius 2 is 2.00 bits per heavy atom. The van der Waals surface area contributed by atoms with Gasteiger partial charge in [-0.15, -0.1) is 0 Å². The molecule has 56 valence electrons. The molecule has 0 saturated carbocycles. The second kappa shape index (κ2) is 9.39. The van der Waals surface area contributed by atoms with Crippen LogP contribution in [-0.4, -0.2) is 59.1 Å². The van der Waals surface area contributed by atoms with Gasteiger partial charge in [0.1, 0.15) is 0 Å². The zero-order valence-corrected chi connectivity index (χ0v) is 5.04. The summed E-state index contributed by atoms with van der Waals surface area (Å²) in [6, 6.07) is 0. The van der Waals surface area contributed by atoms with Crippen LogP contribution in [0.5, 0.6) is 0 Å². The van der Waals surface area contributed by atoms with Gasteiger partial charge in [0.2, 0.25) is 0 Å². The van der Waals surface area contributed by atoms with Crippen molar-refractivity contribution in [2.24, 2.45) is 0 Å². The summed E-state index contributed by atoms with van der Waals surface area (Å²) in [5, 5.41) is 16.2. The number of aliphatic hydroxyl groups excluding tert-OH is 2. The molecular weight excluding hydrogens is 147 g/mol. The Kier molecular flexibility index (Phi) is 12.2. The number of carbonyl (C=O) groups excluding carboxylic acids is 1. The van der Waals surface area contributed by atoms with Gasteiger partial charge in [0, 0.05) is 13.0 Å². The van der Waals surface area contributed by atoms with Crippen LogP contribution in [0.2, 0.25) is 0 Å². The molecule has 0 aromatic heterocycles. The quantitative estimate of drug-likeness (QED) is 0.300. The molecule has 0 aromatic rings. The third-order valence-electron chi connectivity index (χ3n) is 0.765. The van der Waals surface area contributed by atoms with E-state index in [4.69, 9.17) is 10.2 Å². The minimum atomic E-state index is -0.579. The molecule has 0 fully saturated rings. The molecule has 4 nitrogen and oxygen atoms in total. The second-order valence-electron chi connectivity index (χ2n) is 1.47. The van der Waals surface area contributed by atoms with Crippen molar-refractivity contribution in [1.29, 1.82) is 0 Å². The fourth-order valence-corrected chi connectivity index (χ4v) is 0.368. The summed E-state index contributed by atoms with van der Waals surface area (Å²) in [6.07, 6.45) is 0.551. The van der Waals surface area contributed by atoms with E-state index in [9.17, 15) is 4.79 Å². The maximum absolute atomic E-state index is 10.3. The van der Waals surface area contributed by atoms with Crippen LogP contribution in [0.1, 0.15) is 12.8 Å². The average molecular weight is 158 g/mol. The number of esters is 1. The van der Waals surface area contributed by atoms with Gasteiger partial charge in [-0.1, -0.05) is 0 Å². The molecule has 0 aliphatic rings. The van der Waals surface area contributed by atoms with Gasteiger partial charge < -0.3 is 14.9 Å². The zero-order valence-electron chi connectivity index (χ0n) is 5.04. The van der Waals surface area contributed by atoms with Crippen LogP contribution in [-0.2, 0) is 9.53 Å². The van der Waals surface area contributed by atoms with Gasteiger partial charge in [-0.3, -0.25) is 4.79 Å². The van der Waals surface area contributed by atoms with Crippen molar-refractivity contribution in [3.05, 3.63) is 0 Å². The average Bonchev–Trinajstić information content (AvgIpc) is 1.85. The molecule has 0 rings (SSSR count). The van der Waals surface area contributed by atoms with E-state index in [0.717, 1.165) is 0 Å². The predicted octanol–water partition coefficient (Wildman–Crippen LogP) is -1.40. The molecule has 0 radical (unpaired) electrons. The van der Waals surface area contributed by atoms with Gasteiger partial charge in [-0.05, 0) is 6.42 Å². The van der Waals surface area contributed by atoms with E-state index in [-0.39, 0.29) is 42.6 Å². The molecule has 0 unspecified atom stereocenters. The Hall–Kier alpha value is 0.390. The molecule has 0 atom stereocenters. The predicted molar refractivity (Wildman–Crippen MR) is 36.6 cm³/mol. The molecule has 0 aliphatic heterocycles. The summed E-state index contributed by atoms with van der Waals surface area (Å²) in [7, 11) is 0. The number of aliphatic hydroxyl groups is 2. The summed E-state index contributed by atoms with van der Waals surface area (Å²) in [4.78, 5) is 10.3. The van der Waals surface area contributed by atoms with E-state index in [1.54, 1.807) is 0 Å². The molecule has 0 aliphatic carbocycles. The van der Waals surface area contributed by atoms with Crippen molar-refractivity contribution in [3.8, 4) is 0 Å². The van der Waals surface area contributed by atoms with Crippen LogP contribution in [0, 0.1) is 0 Å². The molecule has 0 amide bonds. The number of carbonyl (C=O) groups is 1. The summed E-state index contributed by atoms with van der Waals surface area (Å²) in [5.41, 5.74) is 0. The SMILES string of the molecule is O=C(CCCO)OCO.[NaH]. The van der Waals surface area contributed by atoms with Crippen LogP contribution in [0.15, 0.2) is 0 Å². The van der Waals surface area contributed by atoms with Crippen LogP contribution in [0.4, 0.5) is 0 Å². The Morgan fingerprint density at radius 1 is 1.40 bits per heavy atom. The van der Waals surface area contributed by atoms with Crippen molar-refractivity contribution in [2.45, 2.75) is 12.8 Å². The van der Waals surface area contributed by atoms with Crippen LogP contribution in [0.25, 0.3) is 0 Å². The van der Waals surface area contributed by atoms with Crippen LogP contribution >= 0.6 is 0 Å². The van der Waals surface area contributed by atoms with Gasteiger partial charge in [-0.2, -0.15) is 0 Å². The molecule has 2 N–H and O–H groups in total. The molecule has 0 spiro atoms. The Labute approximate surface area is 81.5 Å². The molecule has 0 saturated heterocycles. The van der Waals surface area contributed by atoms with Crippen molar-refractivity contribution in [1.82, 2.24) is 0 Å². The standard InChI is InChI=1S/C5H10O4.Na.H/c6-3-1-2-5(8)9-4-7;;/h6-7H,1-4H2;;. The first kappa shape index (κ1) is 13.0. The third kappa shape index (κ3) is 8.39. The monoisotopic (exact) mass is 158 g/mol. The van der Waals surface area contributed by atoms with Crippen molar-refractivity contribution in [3.63, 3.8) is 0 Å². The van der Waals surface area contributed by atoms with E-state index in [2.05, 4.69) is 4.74 Å². The fraction of sp³-hybridized carbons (Fsp3) is 0.800. The van der Waals surface area contributed by atoms with E-state index >= 15 is 0 Å². The Balaban J connectivity index is 0. The summed E-state index contributed by atoms with van der Waals surface area (Å²) < 4.78 is 4.15. The number of hydrogen-bond acceptors (Lipinski definition) is 4. The van der Waals surface area contributed by atoms with Gasteiger partial charge in [-0.25, -0.2) is 0 Å². The van der Waals surface area contributed by atoms with E-state index in [1.165, 1.54) is 0 Å². The van der Waals surface area contributed by atoms with Gasteiger partial charge >= 0.3 is 35.5 Å². The number of ether oxygens (including phenoxy) is 1. The van der Waals surface area contributed by atoms with Crippen molar-refractivity contribution >= 4 is 35.5 Å². The van der Waals surface area contributed by atoms with E-state index in [1.807, 2.05) is 0 Å². The maximum atomic E-state index is 10.3. The summed E-state index contributed by atoms with van der Waals surface area (Å²) >= 11 is 0. The normalized spacial score (nSPS) is 8.20. The summed E-state index contributed by atoms with van der Waals surface area (Å²) in [5.74, 6) is -0.480. The molecular formula is C5H11NaO4. The molecule has 10 heavy (non-hydrogen) atoms. The van der Waals surface area contributed by atoms with E-state index < -0.39 is 12.8 Å².